The molecule has 0 bridgehead atoms. The number of aromatic hydroxyl groups is 1. The molecule has 1 saturated carbocycles. The van der Waals surface area contributed by atoms with E-state index in [2.05, 4.69) is 16.8 Å². The number of aryl methyl sites for hydroxylation is 1. The first-order valence-electron chi connectivity index (χ1n) is 9.27. The Morgan fingerprint density at radius 2 is 2.12 bits per heavy atom. The van der Waals surface area contributed by atoms with E-state index < -0.39 is 0 Å². The van der Waals surface area contributed by atoms with E-state index >= 15 is 0 Å². The molecular formula is C19H30N2O3. The number of aromatic nitrogens is 1. The molecule has 3 rings (SSSR count). The van der Waals surface area contributed by atoms with Crippen molar-refractivity contribution < 1.29 is 14.9 Å². The summed E-state index contributed by atoms with van der Waals surface area (Å²) < 4.78 is 6.33. The number of pyridine rings is 1. The number of aliphatic hydroxyl groups excluding tert-OH is 1. The van der Waals surface area contributed by atoms with E-state index in [0.29, 0.717) is 24.3 Å². The molecule has 1 aliphatic carbocycles. The van der Waals surface area contributed by atoms with E-state index in [4.69, 9.17) is 4.74 Å². The SMILES string of the molecule is CCCC[C@@H]1CN(Cc2c(CO)cnc(C)c2O)C[C@H](C2CC2)O1. The molecule has 0 aromatic carbocycles. The van der Waals surface area contributed by atoms with Crippen molar-refractivity contribution in [3.8, 4) is 5.75 Å². The molecule has 5 nitrogen and oxygen atoms in total. The van der Waals surface area contributed by atoms with Crippen molar-refractivity contribution in [2.45, 2.75) is 71.3 Å². The van der Waals surface area contributed by atoms with E-state index in [-0.39, 0.29) is 18.5 Å². The van der Waals surface area contributed by atoms with Gasteiger partial charge in [-0.15, -0.1) is 0 Å². The summed E-state index contributed by atoms with van der Waals surface area (Å²) in [6.45, 7) is 6.39. The van der Waals surface area contributed by atoms with Crippen LogP contribution >= 0.6 is 0 Å². The van der Waals surface area contributed by atoms with Crippen LogP contribution in [0.2, 0.25) is 0 Å². The number of morpholine rings is 1. The quantitative estimate of drug-likeness (QED) is 0.803. The highest BCUT2D eigenvalue weighted by molar-refractivity contribution is 5.40. The average Bonchev–Trinajstić information content (AvgIpc) is 3.42. The first kappa shape index (κ1) is 17.6. The van der Waals surface area contributed by atoms with Gasteiger partial charge in [0.25, 0.3) is 0 Å². The molecule has 134 valence electrons. The van der Waals surface area contributed by atoms with Gasteiger partial charge in [0, 0.05) is 37.0 Å². The summed E-state index contributed by atoms with van der Waals surface area (Å²) in [7, 11) is 0. The summed E-state index contributed by atoms with van der Waals surface area (Å²) in [5, 5.41) is 20.0. The van der Waals surface area contributed by atoms with Crippen LogP contribution in [0.25, 0.3) is 0 Å². The van der Waals surface area contributed by atoms with Crippen molar-refractivity contribution in [2.75, 3.05) is 13.1 Å². The Labute approximate surface area is 144 Å². The van der Waals surface area contributed by atoms with Crippen molar-refractivity contribution in [1.29, 1.82) is 0 Å². The predicted octanol–water partition coefficient (Wildman–Crippen LogP) is 2.76. The van der Waals surface area contributed by atoms with Gasteiger partial charge in [-0.1, -0.05) is 19.8 Å². The summed E-state index contributed by atoms with van der Waals surface area (Å²) in [6.07, 6.45) is 8.32. The number of hydrogen-bond acceptors (Lipinski definition) is 5. The van der Waals surface area contributed by atoms with Gasteiger partial charge >= 0.3 is 0 Å². The Balaban J connectivity index is 1.74. The predicted molar refractivity (Wildman–Crippen MR) is 92.7 cm³/mol. The maximum Gasteiger partial charge on any atom is 0.141 e. The highest BCUT2D eigenvalue weighted by Crippen LogP contribution is 2.38. The van der Waals surface area contributed by atoms with Crippen LogP contribution in [-0.2, 0) is 17.9 Å². The second-order valence-electron chi connectivity index (χ2n) is 7.32. The minimum absolute atomic E-state index is 0.0914. The lowest BCUT2D eigenvalue weighted by Gasteiger charge is -2.39. The second-order valence-corrected chi connectivity index (χ2v) is 7.32. The van der Waals surface area contributed by atoms with Crippen LogP contribution in [0.3, 0.4) is 0 Å². The number of hydrogen-bond donors (Lipinski definition) is 2. The topological polar surface area (TPSA) is 65.8 Å². The number of unbranched alkanes of at least 4 members (excludes halogenated alkanes) is 1. The summed E-state index contributed by atoms with van der Waals surface area (Å²) in [6, 6.07) is 0. The molecule has 0 amide bonds. The third-order valence-corrected chi connectivity index (χ3v) is 5.28. The van der Waals surface area contributed by atoms with Crippen LogP contribution in [0.4, 0.5) is 0 Å². The molecule has 0 unspecified atom stereocenters. The fourth-order valence-corrected chi connectivity index (χ4v) is 3.62. The maximum absolute atomic E-state index is 10.4. The standard InChI is InChI=1S/C19H30N2O3/c1-3-4-5-16-9-21(11-18(24-16)14-6-7-14)10-17-15(12-22)8-20-13(2)19(17)23/h8,14,16,18,22-23H,3-7,9-12H2,1-2H3/t16-,18-/m1/s1. The van der Waals surface area contributed by atoms with Crippen LogP contribution < -0.4 is 0 Å². The lowest BCUT2D eigenvalue weighted by atomic mass is 10.0. The highest BCUT2D eigenvalue weighted by atomic mass is 16.5. The average molecular weight is 334 g/mol. The molecule has 0 radical (unpaired) electrons. The third-order valence-electron chi connectivity index (χ3n) is 5.28. The molecule has 2 heterocycles. The van der Waals surface area contributed by atoms with Gasteiger partial charge in [0.15, 0.2) is 0 Å². The van der Waals surface area contributed by atoms with Gasteiger partial charge in [0.2, 0.25) is 0 Å². The summed E-state index contributed by atoms with van der Waals surface area (Å²) in [4.78, 5) is 6.55. The molecule has 2 aliphatic rings. The Bertz CT molecular complexity index is 560. The van der Waals surface area contributed by atoms with E-state index in [1.54, 1.807) is 13.1 Å². The first-order valence-corrected chi connectivity index (χ1v) is 9.27. The van der Waals surface area contributed by atoms with Crippen LogP contribution in [-0.4, -0.2) is 45.4 Å². The van der Waals surface area contributed by atoms with E-state index in [0.717, 1.165) is 30.6 Å². The zero-order chi connectivity index (χ0) is 17.1. The van der Waals surface area contributed by atoms with Gasteiger partial charge in [-0.05, 0) is 32.1 Å². The molecule has 1 aromatic rings. The molecule has 1 aliphatic heterocycles. The summed E-state index contributed by atoms with van der Waals surface area (Å²) in [5.41, 5.74) is 2.16. The Hall–Kier alpha value is -1.17. The Morgan fingerprint density at radius 3 is 2.79 bits per heavy atom. The lowest BCUT2D eigenvalue weighted by Crippen LogP contribution is -2.48. The van der Waals surface area contributed by atoms with Gasteiger partial charge in [0.1, 0.15) is 5.75 Å². The molecule has 2 N–H and O–H groups in total. The Kier molecular flexibility index (Phi) is 5.74. The molecule has 5 heteroatoms. The lowest BCUT2D eigenvalue weighted by molar-refractivity contribution is -0.0995. The first-order chi connectivity index (χ1) is 11.6. The third kappa shape index (κ3) is 4.08. The van der Waals surface area contributed by atoms with Crippen molar-refractivity contribution in [1.82, 2.24) is 9.88 Å². The highest BCUT2D eigenvalue weighted by Gasteiger charge is 2.38. The molecule has 2 fully saturated rings. The van der Waals surface area contributed by atoms with Crippen LogP contribution in [0.15, 0.2) is 6.20 Å². The molecule has 2 atom stereocenters. The van der Waals surface area contributed by atoms with Crippen molar-refractivity contribution in [2.24, 2.45) is 5.92 Å². The van der Waals surface area contributed by atoms with Gasteiger partial charge in [-0.3, -0.25) is 9.88 Å². The minimum Gasteiger partial charge on any atom is -0.506 e. The smallest absolute Gasteiger partial charge is 0.141 e. The van der Waals surface area contributed by atoms with Crippen molar-refractivity contribution >= 4 is 0 Å². The van der Waals surface area contributed by atoms with Gasteiger partial charge < -0.3 is 14.9 Å². The van der Waals surface area contributed by atoms with Crippen LogP contribution in [0.1, 0.15) is 55.8 Å². The van der Waals surface area contributed by atoms with Crippen LogP contribution in [0.5, 0.6) is 5.75 Å². The fraction of sp³-hybridized carbons (Fsp3) is 0.737. The summed E-state index contributed by atoms with van der Waals surface area (Å²) in [5.74, 6) is 0.933. The normalized spacial score (nSPS) is 25.1. The fourth-order valence-electron chi connectivity index (χ4n) is 3.62. The van der Waals surface area contributed by atoms with Crippen molar-refractivity contribution in [3.63, 3.8) is 0 Å². The monoisotopic (exact) mass is 334 g/mol. The summed E-state index contributed by atoms with van der Waals surface area (Å²) >= 11 is 0. The molecule has 1 saturated heterocycles. The molecule has 1 aromatic heterocycles. The number of aliphatic hydroxyl groups is 1. The number of ether oxygens (including phenoxy) is 1. The van der Waals surface area contributed by atoms with Gasteiger partial charge in [-0.2, -0.15) is 0 Å². The zero-order valence-corrected chi connectivity index (χ0v) is 14.9. The van der Waals surface area contributed by atoms with Crippen molar-refractivity contribution in [3.05, 3.63) is 23.0 Å². The van der Waals surface area contributed by atoms with E-state index in [9.17, 15) is 10.2 Å². The van der Waals surface area contributed by atoms with Gasteiger partial charge in [0.05, 0.1) is 24.5 Å². The molecular weight excluding hydrogens is 304 g/mol. The van der Waals surface area contributed by atoms with Crippen LogP contribution in [0, 0.1) is 12.8 Å². The molecule has 0 spiro atoms. The van der Waals surface area contributed by atoms with Gasteiger partial charge in [-0.25, -0.2) is 0 Å². The molecule has 24 heavy (non-hydrogen) atoms. The number of rotatable bonds is 7. The zero-order valence-electron chi connectivity index (χ0n) is 14.9. The maximum atomic E-state index is 10.4. The second kappa shape index (κ2) is 7.81. The Morgan fingerprint density at radius 1 is 1.33 bits per heavy atom. The number of nitrogens with zero attached hydrogens (tertiary/aromatic N) is 2. The van der Waals surface area contributed by atoms with E-state index in [1.165, 1.54) is 25.7 Å². The van der Waals surface area contributed by atoms with E-state index in [1.807, 2.05) is 0 Å². The minimum atomic E-state index is -0.0914. The largest absolute Gasteiger partial charge is 0.506 e.